The Balaban J connectivity index is 1.70. The first-order chi connectivity index (χ1) is 8.97. The van der Waals surface area contributed by atoms with Gasteiger partial charge in [0.1, 0.15) is 11.6 Å². The van der Waals surface area contributed by atoms with Crippen molar-refractivity contribution in [1.29, 1.82) is 0 Å². The molecule has 0 bridgehead atoms. The Bertz CT molecular complexity index is 409. The lowest BCUT2D eigenvalue weighted by molar-refractivity contribution is -0.168. The van der Waals surface area contributed by atoms with Crippen molar-refractivity contribution in [2.75, 3.05) is 6.61 Å². The number of ether oxygens (including phenoxy) is 1. The summed E-state index contributed by atoms with van der Waals surface area (Å²) in [4.78, 5) is 4.98. The summed E-state index contributed by atoms with van der Waals surface area (Å²) < 4.78 is 53.5. The molecule has 1 saturated carbocycles. The van der Waals surface area contributed by atoms with Crippen molar-refractivity contribution in [2.24, 2.45) is 0 Å². The van der Waals surface area contributed by atoms with Gasteiger partial charge in [-0.2, -0.15) is 8.78 Å². The minimum atomic E-state index is -4.10. The molecule has 0 amide bonds. The van der Waals surface area contributed by atoms with Crippen molar-refractivity contribution < 1.29 is 22.3 Å². The zero-order valence-electron chi connectivity index (χ0n) is 10.0. The lowest BCUT2D eigenvalue weighted by atomic mass is 10.4. The Morgan fingerprint density at radius 3 is 2.84 bits per heavy atom. The van der Waals surface area contributed by atoms with E-state index < -0.39 is 19.0 Å². The molecule has 1 aromatic heterocycles. The molecular weight excluding hydrogens is 284 g/mol. The summed E-state index contributed by atoms with van der Waals surface area (Å²) in [5, 5.41) is 3.80. The van der Waals surface area contributed by atoms with Gasteiger partial charge in [-0.1, -0.05) is 0 Å². The Hall–Kier alpha value is -0.730. The molecule has 1 heterocycles. The van der Waals surface area contributed by atoms with Crippen molar-refractivity contribution in [2.45, 2.75) is 44.4 Å². The first kappa shape index (κ1) is 14.7. The van der Waals surface area contributed by atoms with Crippen LogP contribution in [-0.4, -0.2) is 30.0 Å². The number of alkyl halides is 4. The largest absolute Gasteiger partial charge is 0.368 e. The van der Waals surface area contributed by atoms with E-state index in [1.165, 1.54) is 24.2 Å². The first-order valence-corrected chi connectivity index (χ1v) is 6.70. The molecule has 0 saturated heterocycles. The molecule has 1 N–H and O–H groups in total. The summed E-state index contributed by atoms with van der Waals surface area (Å²) in [5.41, 5.74) is 0. The van der Waals surface area contributed by atoms with Crippen LogP contribution in [0.5, 0.6) is 0 Å². The number of hydrogen-bond donors (Lipinski definition) is 1. The number of hydrogen-bond acceptors (Lipinski definition) is 4. The van der Waals surface area contributed by atoms with Gasteiger partial charge in [0.15, 0.2) is 0 Å². The third-order valence-electron chi connectivity index (χ3n) is 2.58. The first-order valence-electron chi connectivity index (χ1n) is 5.88. The third-order valence-corrected chi connectivity index (χ3v) is 3.55. The smallest absolute Gasteiger partial charge is 0.330 e. The molecule has 1 aromatic rings. The molecule has 0 aromatic carbocycles. The van der Waals surface area contributed by atoms with Crippen LogP contribution in [-0.2, 0) is 17.9 Å². The highest BCUT2D eigenvalue weighted by molar-refractivity contribution is 7.11. The predicted octanol–water partition coefficient (Wildman–Crippen LogP) is 2.81. The molecule has 0 unspecified atom stereocenters. The van der Waals surface area contributed by atoms with Gasteiger partial charge in [0.25, 0.3) is 0 Å². The molecule has 8 heteroatoms. The van der Waals surface area contributed by atoms with Gasteiger partial charge >= 0.3 is 12.3 Å². The van der Waals surface area contributed by atoms with E-state index in [0.29, 0.717) is 17.6 Å². The van der Waals surface area contributed by atoms with E-state index in [1.807, 2.05) is 0 Å². The third kappa shape index (κ3) is 4.70. The van der Waals surface area contributed by atoms with E-state index >= 15 is 0 Å². The van der Waals surface area contributed by atoms with E-state index in [4.69, 9.17) is 0 Å². The van der Waals surface area contributed by atoms with Crippen molar-refractivity contribution in [1.82, 2.24) is 10.3 Å². The van der Waals surface area contributed by atoms with Gasteiger partial charge < -0.3 is 10.1 Å². The second-order valence-electron chi connectivity index (χ2n) is 4.43. The number of halogens is 4. The zero-order valence-corrected chi connectivity index (χ0v) is 10.9. The van der Waals surface area contributed by atoms with Crippen LogP contribution in [0.1, 0.15) is 22.7 Å². The number of thiazole rings is 1. The maximum atomic E-state index is 12.6. The lowest BCUT2D eigenvalue weighted by Crippen LogP contribution is -2.32. The summed E-state index contributed by atoms with van der Waals surface area (Å²) in [6.07, 6.45) is 0.293. The van der Waals surface area contributed by atoms with Gasteiger partial charge in [-0.3, -0.25) is 0 Å². The highest BCUT2D eigenvalue weighted by Gasteiger charge is 2.40. The molecule has 2 rings (SSSR count). The number of rotatable bonds is 8. The van der Waals surface area contributed by atoms with Gasteiger partial charge in [-0.25, -0.2) is 13.8 Å². The molecule has 19 heavy (non-hydrogen) atoms. The standard InChI is InChI=1S/C11H14F4N2OS/c12-10(13)11(14,15)6-18-5-9-17-4-8(19-9)3-16-7-1-2-7/h4,7,10,16H,1-3,5-6H2. The molecule has 0 atom stereocenters. The van der Waals surface area contributed by atoms with Gasteiger partial charge in [-0.15, -0.1) is 11.3 Å². The topological polar surface area (TPSA) is 34.1 Å². The van der Waals surface area contributed by atoms with Gasteiger partial charge in [-0.05, 0) is 12.8 Å². The molecule has 0 aliphatic heterocycles. The van der Waals surface area contributed by atoms with E-state index in [2.05, 4.69) is 15.0 Å². The fourth-order valence-corrected chi connectivity index (χ4v) is 2.18. The van der Waals surface area contributed by atoms with E-state index in [-0.39, 0.29) is 6.61 Å². The minimum absolute atomic E-state index is 0.170. The molecule has 108 valence electrons. The highest BCUT2D eigenvalue weighted by Crippen LogP contribution is 2.24. The van der Waals surface area contributed by atoms with Crippen LogP contribution < -0.4 is 5.32 Å². The quantitative estimate of drug-likeness (QED) is 0.749. The molecule has 1 aliphatic rings. The van der Waals surface area contributed by atoms with Crippen molar-refractivity contribution in [3.8, 4) is 0 Å². The van der Waals surface area contributed by atoms with E-state index in [9.17, 15) is 17.6 Å². The summed E-state index contributed by atoms with van der Waals surface area (Å²) in [7, 11) is 0. The Kier molecular flexibility index (Phi) is 4.75. The SMILES string of the molecule is FC(F)C(F)(F)COCc1ncc(CNC2CC2)s1. The number of nitrogens with zero attached hydrogens (tertiary/aromatic N) is 1. The predicted molar refractivity (Wildman–Crippen MR) is 62.6 cm³/mol. The maximum absolute atomic E-state index is 12.6. The van der Waals surface area contributed by atoms with Gasteiger partial charge in [0.05, 0.1) is 6.61 Å². The average Bonchev–Trinajstić information content (AvgIpc) is 3.06. The molecule has 0 spiro atoms. The molecular formula is C11H14F4N2OS. The summed E-state index contributed by atoms with van der Waals surface area (Å²) >= 11 is 1.33. The summed E-state index contributed by atoms with van der Waals surface area (Å²) in [5.74, 6) is -4.10. The average molecular weight is 298 g/mol. The fourth-order valence-electron chi connectivity index (χ4n) is 1.37. The number of aromatic nitrogens is 1. The van der Waals surface area contributed by atoms with Crippen molar-refractivity contribution in [3.05, 3.63) is 16.1 Å². The molecule has 0 radical (unpaired) electrons. The second-order valence-corrected chi connectivity index (χ2v) is 5.63. The van der Waals surface area contributed by atoms with Gasteiger partial charge in [0.2, 0.25) is 0 Å². The van der Waals surface area contributed by atoms with Crippen LogP contribution in [0.15, 0.2) is 6.20 Å². The lowest BCUT2D eigenvalue weighted by Gasteiger charge is -2.14. The molecule has 1 aliphatic carbocycles. The summed E-state index contributed by atoms with van der Waals surface area (Å²) in [6.45, 7) is -0.772. The van der Waals surface area contributed by atoms with Crippen LogP contribution in [0, 0.1) is 0 Å². The Morgan fingerprint density at radius 2 is 2.21 bits per heavy atom. The molecule has 3 nitrogen and oxygen atoms in total. The van der Waals surface area contributed by atoms with Crippen LogP contribution in [0.25, 0.3) is 0 Å². The Labute approximate surface area is 112 Å². The monoisotopic (exact) mass is 298 g/mol. The van der Waals surface area contributed by atoms with Crippen LogP contribution >= 0.6 is 11.3 Å². The van der Waals surface area contributed by atoms with Crippen molar-refractivity contribution >= 4 is 11.3 Å². The molecule has 1 fully saturated rings. The van der Waals surface area contributed by atoms with E-state index in [1.54, 1.807) is 6.20 Å². The van der Waals surface area contributed by atoms with Crippen LogP contribution in [0.3, 0.4) is 0 Å². The summed E-state index contributed by atoms with van der Waals surface area (Å²) in [6, 6.07) is 0.575. The maximum Gasteiger partial charge on any atom is 0.330 e. The van der Waals surface area contributed by atoms with Crippen LogP contribution in [0.4, 0.5) is 17.6 Å². The minimum Gasteiger partial charge on any atom is -0.368 e. The highest BCUT2D eigenvalue weighted by atomic mass is 32.1. The van der Waals surface area contributed by atoms with Crippen LogP contribution in [0.2, 0.25) is 0 Å². The zero-order chi connectivity index (χ0) is 13.9. The van der Waals surface area contributed by atoms with Gasteiger partial charge in [0, 0.05) is 23.7 Å². The Morgan fingerprint density at radius 1 is 1.47 bits per heavy atom. The fraction of sp³-hybridized carbons (Fsp3) is 0.727. The van der Waals surface area contributed by atoms with Crippen molar-refractivity contribution in [3.63, 3.8) is 0 Å². The normalized spacial score (nSPS) is 16.3. The number of nitrogens with one attached hydrogen (secondary N) is 1. The van der Waals surface area contributed by atoms with E-state index in [0.717, 1.165) is 4.88 Å². The second kappa shape index (κ2) is 6.15.